The zero-order valence-corrected chi connectivity index (χ0v) is 20.1. The maximum Gasteiger partial charge on any atom is 0.114 e. The smallest absolute Gasteiger partial charge is 0.114 e. The van der Waals surface area contributed by atoms with Crippen molar-refractivity contribution in [1.29, 1.82) is 0 Å². The molecule has 0 aromatic heterocycles. The third-order valence-corrected chi connectivity index (χ3v) is 6.22. The summed E-state index contributed by atoms with van der Waals surface area (Å²) < 4.78 is 10.8. The Balaban J connectivity index is 1.84. The number of hydrogen-bond donors (Lipinski definition) is 3. The van der Waals surface area contributed by atoms with Crippen LogP contribution in [0.5, 0.6) is 0 Å². The molecule has 5 heteroatoms. The Morgan fingerprint density at radius 1 is 0.774 bits per heavy atom. The summed E-state index contributed by atoms with van der Waals surface area (Å²) in [5.41, 5.74) is 0. The molecule has 0 aromatic rings. The number of hydrogen-bond acceptors (Lipinski definition) is 5. The van der Waals surface area contributed by atoms with Gasteiger partial charge in [-0.25, -0.2) is 0 Å². The molecule has 1 rings (SSSR count). The molecule has 0 amide bonds. The third-order valence-electron chi connectivity index (χ3n) is 6.22. The third kappa shape index (κ3) is 14.3. The lowest BCUT2D eigenvalue weighted by Gasteiger charge is -2.37. The Labute approximate surface area is 191 Å². The minimum atomic E-state index is -0.986. The van der Waals surface area contributed by atoms with Gasteiger partial charge in [-0.1, -0.05) is 96.1 Å². The van der Waals surface area contributed by atoms with Crippen LogP contribution in [-0.2, 0) is 9.47 Å². The number of allylic oxidation sites excluding steroid dienone is 2. The lowest BCUT2D eigenvalue weighted by Crippen LogP contribution is -2.55. The highest BCUT2D eigenvalue weighted by atomic mass is 16.6. The van der Waals surface area contributed by atoms with Crippen molar-refractivity contribution in [2.24, 2.45) is 0 Å². The number of aliphatic hydroxyl groups excluding tert-OH is 3. The van der Waals surface area contributed by atoms with Gasteiger partial charge in [-0.2, -0.15) is 0 Å². The van der Waals surface area contributed by atoms with E-state index in [4.69, 9.17) is 14.6 Å². The lowest BCUT2D eigenvalue weighted by molar-refractivity contribution is -0.210. The molecule has 0 radical (unpaired) electrons. The highest BCUT2D eigenvalue weighted by Crippen LogP contribution is 2.19. The molecule has 1 heterocycles. The average molecular weight is 443 g/mol. The lowest BCUT2D eigenvalue weighted by atomic mass is 10.0. The summed E-state index contributed by atoms with van der Waals surface area (Å²) in [6, 6.07) is 0. The molecule has 3 N–H and O–H groups in total. The number of unbranched alkanes of at least 4 members (excludes halogenated alkanes) is 14. The summed E-state index contributed by atoms with van der Waals surface area (Å²) in [5.74, 6) is 0. The number of aliphatic hydroxyl groups is 3. The van der Waals surface area contributed by atoms with Gasteiger partial charge in [0, 0.05) is 6.61 Å². The van der Waals surface area contributed by atoms with Crippen molar-refractivity contribution in [2.45, 2.75) is 134 Å². The fourth-order valence-electron chi connectivity index (χ4n) is 4.16. The van der Waals surface area contributed by atoms with Crippen LogP contribution >= 0.6 is 0 Å². The first-order chi connectivity index (χ1) is 15.2. The molecule has 4 atom stereocenters. The molecule has 0 unspecified atom stereocenters. The van der Waals surface area contributed by atoms with E-state index in [9.17, 15) is 10.2 Å². The van der Waals surface area contributed by atoms with Crippen LogP contribution in [0.1, 0.15) is 110 Å². The monoisotopic (exact) mass is 442 g/mol. The minimum absolute atomic E-state index is 0.0893. The molecule has 31 heavy (non-hydrogen) atoms. The van der Waals surface area contributed by atoms with Crippen LogP contribution in [0.2, 0.25) is 0 Å². The van der Waals surface area contributed by atoms with E-state index in [2.05, 4.69) is 19.1 Å². The van der Waals surface area contributed by atoms with Crippen LogP contribution in [0.15, 0.2) is 12.2 Å². The largest absolute Gasteiger partial charge is 0.394 e. The van der Waals surface area contributed by atoms with Crippen molar-refractivity contribution < 1.29 is 24.8 Å². The van der Waals surface area contributed by atoms with E-state index >= 15 is 0 Å². The van der Waals surface area contributed by atoms with E-state index in [0.29, 0.717) is 6.61 Å². The molecule has 0 aliphatic carbocycles. The van der Waals surface area contributed by atoms with Crippen LogP contribution in [-0.4, -0.2) is 59.6 Å². The van der Waals surface area contributed by atoms with Gasteiger partial charge in [-0.15, -0.1) is 0 Å². The van der Waals surface area contributed by atoms with Crippen LogP contribution in [0.3, 0.4) is 0 Å². The second-order valence-corrected chi connectivity index (χ2v) is 9.09. The van der Waals surface area contributed by atoms with Crippen molar-refractivity contribution in [2.75, 3.05) is 19.8 Å². The second kappa shape index (κ2) is 20.2. The first-order valence-electron chi connectivity index (χ1n) is 13.1. The quantitative estimate of drug-likeness (QED) is 0.176. The van der Waals surface area contributed by atoms with Gasteiger partial charge in [-0.05, 0) is 25.7 Å². The predicted octanol–water partition coefficient (Wildman–Crippen LogP) is 5.30. The molecule has 1 fully saturated rings. The topological polar surface area (TPSA) is 79.2 Å². The van der Waals surface area contributed by atoms with Crippen LogP contribution in [0.4, 0.5) is 0 Å². The van der Waals surface area contributed by atoms with Crippen LogP contribution in [0, 0.1) is 0 Å². The summed E-state index contributed by atoms with van der Waals surface area (Å²) in [5, 5.41) is 29.1. The number of ether oxygens (including phenoxy) is 2. The van der Waals surface area contributed by atoms with Gasteiger partial charge < -0.3 is 24.8 Å². The van der Waals surface area contributed by atoms with E-state index in [1.807, 2.05) is 0 Å². The standard InChI is InChI=1S/C26H50O5/c1-2-3-4-5-6-7-8-9-10-11-12-13-14-15-16-17-18-19-20-30-26-23(28)22-31-24(21-27)25(26)29/h16-17,23-29H,2-15,18-22H2,1H3/b17-16+/t23-,24+,25+,26+/m0/s1. The number of rotatable bonds is 20. The molecule has 1 saturated heterocycles. The highest BCUT2D eigenvalue weighted by molar-refractivity contribution is 4.88. The summed E-state index contributed by atoms with van der Waals surface area (Å²) in [6.07, 6.45) is 22.3. The maximum atomic E-state index is 10.1. The molecule has 1 aliphatic rings. The Kier molecular flexibility index (Phi) is 18.6. The van der Waals surface area contributed by atoms with E-state index in [0.717, 1.165) is 19.3 Å². The zero-order valence-electron chi connectivity index (χ0n) is 20.1. The Morgan fingerprint density at radius 3 is 1.84 bits per heavy atom. The molecule has 0 aromatic carbocycles. The van der Waals surface area contributed by atoms with Crippen molar-refractivity contribution >= 4 is 0 Å². The van der Waals surface area contributed by atoms with Crippen LogP contribution < -0.4 is 0 Å². The molecule has 5 nitrogen and oxygen atoms in total. The highest BCUT2D eigenvalue weighted by Gasteiger charge is 2.38. The van der Waals surface area contributed by atoms with E-state index in [1.54, 1.807) is 0 Å². The van der Waals surface area contributed by atoms with Crippen molar-refractivity contribution in [3.63, 3.8) is 0 Å². The predicted molar refractivity (Wildman–Crippen MR) is 127 cm³/mol. The van der Waals surface area contributed by atoms with Crippen molar-refractivity contribution in [1.82, 2.24) is 0 Å². The zero-order chi connectivity index (χ0) is 22.6. The van der Waals surface area contributed by atoms with Crippen LogP contribution in [0.25, 0.3) is 0 Å². The van der Waals surface area contributed by atoms with Gasteiger partial charge in [0.15, 0.2) is 0 Å². The molecular weight excluding hydrogens is 392 g/mol. The van der Waals surface area contributed by atoms with Gasteiger partial charge in [0.25, 0.3) is 0 Å². The molecule has 0 spiro atoms. The molecule has 0 saturated carbocycles. The molecule has 1 aliphatic heterocycles. The normalized spacial score (nSPS) is 24.3. The Hall–Kier alpha value is -0.460. The molecule has 0 bridgehead atoms. The summed E-state index contributed by atoms with van der Waals surface area (Å²) in [7, 11) is 0. The van der Waals surface area contributed by atoms with Gasteiger partial charge in [0.1, 0.15) is 24.4 Å². The van der Waals surface area contributed by atoms with E-state index in [1.165, 1.54) is 83.5 Å². The molecular formula is C26H50O5. The van der Waals surface area contributed by atoms with Crippen molar-refractivity contribution in [3.8, 4) is 0 Å². The summed E-state index contributed by atoms with van der Waals surface area (Å²) >= 11 is 0. The van der Waals surface area contributed by atoms with Gasteiger partial charge in [0.05, 0.1) is 13.2 Å². The van der Waals surface area contributed by atoms with E-state index in [-0.39, 0.29) is 13.2 Å². The Bertz CT molecular complexity index is 415. The Morgan fingerprint density at radius 2 is 1.29 bits per heavy atom. The first-order valence-corrected chi connectivity index (χ1v) is 13.1. The summed E-state index contributed by atoms with van der Waals surface area (Å²) in [4.78, 5) is 0. The van der Waals surface area contributed by atoms with Crippen molar-refractivity contribution in [3.05, 3.63) is 12.2 Å². The fraction of sp³-hybridized carbons (Fsp3) is 0.923. The van der Waals surface area contributed by atoms with Gasteiger partial charge in [0.2, 0.25) is 0 Å². The average Bonchev–Trinajstić information content (AvgIpc) is 2.77. The second-order valence-electron chi connectivity index (χ2n) is 9.09. The SMILES string of the molecule is CCCCCCCCCCCCCCC/C=C/CCCO[C@H]1[C@H](O)[C@@H](CO)OC[C@@H]1O. The van der Waals surface area contributed by atoms with Gasteiger partial charge in [-0.3, -0.25) is 0 Å². The van der Waals surface area contributed by atoms with Gasteiger partial charge >= 0.3 is 0 Å². The molecule has 184 valence electrons. The summed E-state index contributed by atoms with van der Waals surface area (Å²) in [6.45, 7) is 2.58. The fourth-order valence-corrected chi connectivity index (χ4v) is 4.16. The maximum absolute atomic E-state index is 10.1. The first kappa shape index (κ1) is 28.6. The van der Waals surface area contributed by atoms with E-state index < -0.39 is 24.4 Å². The minimum Gasteiger partial charge on any atom is -0.394 e.